The Kier molecular flexibility index (Phi) is 12.9. The molecule has 0 saturated heterocycles. The number of hydrogen-bond acceptors (Lipinski definition) is 8. The fourth-order valence-electron chi connectivity index (χ4n) is 3.28. The molecule has 15 heteroatoms. The number of nitrogens with two attached hydrogens (primary N) is 3. The van der Waals surface area contributed by atoms with Gasteiger partial charge in [0, 0.05) is 12.8 Å². The number of nitrogens with one attached hydrogen (secondary N) is 3. The molecule has 0 saturated carbocycles. The summed E-state index contributed by atoms with van der Waals surface area (Å²) < 4.78 is 0. The number of carbonyl (C=O) groups excluding carboxylic acids is 5. The molecular weight excluding hydrogens is 504 g/mol. The van der Waals surface area contributed by atoms with Crippen LogP contribution >= 0.6 is 0 Å². The van der Waals surface area contributed by atoms with Crippen LogP contribution in [0.15, 0.2) is 30.3 Å². The summed E-state index contributed by atoms with van der Waals surface area (Å²) >= 11 is 0. The average Bonchev–Trinajstić information content (AvgIpc) is 2.83. The van der Waals surface area contributed by atoms with Gasteiger partial charge in [-0.25, -0.2) is 4.79 Å². The minimum absolute atomic E-state index is 0.120. The number of rotatable bonds is 17. The number of benzene rings is 1. The number of amides is 5. The zero-order valence-electron chi connectivity index (χ0n) is 20.4. The van der Waals surface area contributed by atoms with Crippen LogP contribution in [-0.4, -0.2) is 75.9 Å². The van der Waals surface area contributed by atoms with E-state index in [4.69, 9.17) is 22.3 Å². The van der Waals surface area contributed by atoms with Gasteiger partial charge in [0.25, 0.3) is 0 Å². The minimum Gasteiger partial charge on any atom is -0.481 e. The topological polar surface area (TPSA) is 274 Å². The Balaban J connectivity index is 3.00. The third-order valence-electron chi connectivity index (χ3n) is 5.25. The van der Waals surface area contributed by atoms with Crippen LogP contribution in [0.1, 0.15) is 37.7 Å². The second-order valence-electron chi connectivity index (χ2n) is 8.43. The predicted molar refractivity (Wildman–Crippen MR) is 131 cm³/mol. The van der Waals surface area contributed by atoms with Crippen molar-refractivity contribution in [1.82, 2.24) is 16.0 Å². The Morgan fingerprint density at radius 1 is 0.711 bits per heavy atom. The number of carboxylic acids is 2. The molecule has 0 radical (unpaired) electrons. The van der Waals surface area contributed by atoms with E-state index in [0.717, 1.165) is 5.56 Å². The first-order chi connectivity index (χ1) is 17.8. The summed E-state index contributed by atoms with van der Waals surface area (Å²) in [7, 11) is 0. The van der Waals surface area contributed by atoms with Gasteiger partial charge < -0.3 is 43.4 Å². The maximum atomic E-state index is 12.9. The van der Waals surface area contributed by atoms with E-state index in [-0.39, 0.29) is 25.7 Å². The highest BCUT2D eigenvalue weighted by Crippen LogP contribution is 2.06. The van der Waals surface area contributed by atoms with Crippen molar-refractivity contribution >= 4 is 41.5 Å². The quantitative estimate of drug-likeness (QED) is 0.100. The Bertz CT molecular complexity index is 1030. The van der Waals surface area contributed by atoms with Crippen LogP contribution in [0, 0.1) is 0 Å². The summed E-state index contributed by atoms with van der Waals surface area (Å²) in [6.45, 7) is 0. The summed E-state index contributed by atoms with van der Waals surface area (Å²) in [5, 5.41) is 24.9. The van der Waals surface area contributed by atoms with Crippen molar-refractivity contribution in [3.05, 3.63) is 35.9 Å². The van der Waals surface area contributed by atoms with Gasteiger partial charge in [-0.05, 0) is 24.8 Å². The van der Waals surface area contributed by atoms with E-state index in [2.05, 4.69) is 16.0 Å². The highest BCUT2D eigenvalue weighted by molar-refractivity contribution is 5.96. The van der Waals surface area contributed by atoms with Gasteiger partial charge in [-0.2, -0.15) is 0 Å². The molecule has 0 aromatic heterocycles. The first-order valence-electron chi connectivity index (χ1n) is 11.5. The van der Waals surface area contributed by atoms with Crippen LogP contribution in [0.25, 0.3) is 0 Å². The van der Waals surface area contributed by atoms with Gasteiger partial charge in [0.2, 0.25) is 29.5 Å². The molecule has 0 aliphatic carbocycles. The molecule has 208 valence electrons. The SMILES string of the molecule is NC(=O)CCC(NC(=O)C(CC(N)=O)NC(=O)C(CCC(=O)O)NC(=O)C(N)Cc1ccccc1)C(=O)O. The minimum atomic E-state index is -1.67. The van der Waals surface area contributed by atoms with Gasteiger partial charge in [0.15, 0.2) is 0 Å². The predicted octanol–water partition coefficient (Wildman–Crippen LogP) is -2.90. The molecule has 0 fully saturated rings. The van der Waals surface area contributed by atoms with E-state index < -0.39 is 78.5 Å². The molecule has 38 heavy (non-hydrogen) atoms. The summed E-state index contributed by atoms with van der Waals surface area (Å²) in [4.78, 5) is 83.2. The van der Waals surface area contributed by atoms with Crippen LogP contribution in [-0.2, 0) is 40.0 Å². The van der Waals surface area contributed by atoms with E-state index in [1.807, 2.05) is 0 Å². The third-order valence-corrected chi connectivity index (χ3v) is 5.25. The number of carboxylic acid groups (broad SMARTS) is 2. The number of primary amides is 2. The molecule has 0 heterocycles. The smallest absolute Gasteiger partial charge is 0.326 e. The summed E-state index contributed by atoms with van der Waals surface area (Å²) in [5.74, 6) is -7.51. The van der Waals surface area contributed by atoms with Gasteiger partial charge in [-0.15, -0.1) is 0 Å². The van der Waals surface area contributed by atoms with E-state index in [9.17, 15) is 38.7 Å². The van der Waals surface area contributed by atoms with E-state index in [0.29, 0.717) is 0 Å². The van der Waals surface area contributed by atoms with Crippen molar-refractivity contribution in [3.63, 3.8) is 0 Å². The molecule has 0 bridgehead atoms. The highest BCUT2D eigenvalue weighted by atomic mass is 16.4. The van der Waals surface area contributed by atoms with Gasteiger partial charge >= 0.3 is 11.9 Å². The second kappa shape index (κ2) is 15.6. The molecule has 0 spiro atoms. The van der Waals surface area contributed by atoms with Gasteiger partial charge in [0.1, 0.15) is 18.1 Å². The lowest BCUT2D eigenvalue weighted by Gasteiger charge is -2.24. The standard InChI is InChI=1S/C23H32N6O9/c24-13(10-12-4-2-1-3-5-12)20(34)27-14(7-9-19(32)33)21(35)29-16(11-18(26)31)22(36)28-15(23(37)38)6-8-17(25)30/h1-5,13-16H,6-11,24H2,(H2,25,30)(H2,26,31)(H,27,34)(H,28,36)(H,29,35)(H,32,33)(H,37,38). The van der Waals surface area contributed by atoms with Crippen molar-refractivity contribution in [1.29, 1.82) is 0 Å². The molecule has 1 aromatic carbocycles. The van der Waals surface area contributed by atoms with Gasteiger partial charge in [-0.1, -0.05) is 30.3 Å². The Labute approximate surface area is 217 Å². The van der Waals surface area contributed by atoms with Crippen LogP contribution in [0.4, 0.5) is 0 Å². The van der Waals surface area contributed by atoms with E-state index in [1.54, 1.807) is 30.3 Å². The maximum Gasteiger partial charge on any atom is 0.326 e. The Hall–Kier alpha value is -4.53. The number of carbonyl (C=O) groups is 7. The first-order valence-corrected chi connectivity index (χ1v) is 11.5. The fourth-order valence-corrected chi connectivity index (χ4v) is 3.28. The molecule has 0 aliphatic heterocycles. The first kappa shape index (κ1) is 31.5. The summed E-state index contributed by atoms with van der Waals surface area (Å²) in [6.07, 6.45) is -2.26. The van der Waals surface area contributed by atoms with Gasteiger partial charge in [0.05, 0.1) is 12.5 Å². The fraction of sp³-hybridized carbons (Fsp3) is 0.435. The third kappa shape index (κ3) is 11.9. The average molecular weight is 537 g/mol. The number of aliphatic carboxylic acids is 2. The van der Waals surface area contributed by atoms with Crippen LogP contribution < -0.4 is 33.2 Å². The van der Waals surface area contributed by atoms with Crippen LogP contribution in [0.2, 0.25) is 0 Å². The van der Waals surface area contributed by atoms with E-state index >= 15 is 0 Å². The lowest BCUT2D eigenvalue weighted by molar-refractivity contribution is -0.142. The molecule has 4 atom stereocenters. The highest BCUT2D eigenvalue weighted by Gasteiger charge is 2.31. The maximum absolute atomic E-state index is 12.9. The van der Waals surface area contributed by atoms with Crippen molar-refractivity contribution in [2.45, 2.75) is 62.7 Å². The summed E-state index contributed by atoms with van der Waals surface area (Å²) in [5.41, 5.74) is 16.8. The molecule has 15 nitrogen and oxygen atoms in total. The molecule has 0 aliphatic rings. The monoisotopic (exact) mass is 536 g/mol. The molecular formula is C23H32N6O9. The van der Waals surface area contributed by atoms with Crippen molar-refractivity contribution in [2.75, 3.05) is 0 Å². The molecule has 11 N–H and O–H groups in total. The van der Waals surface area contributed by atoms with Crippen molar-refractivity contribution in [2.24, 2.45) is 17.2 Å². The Morgan fingerprint density at radius 3 is 1.76 bits per heavy atom. The zero-order chi connectivity index (χ0) is 28.8. The largest absolute Gasteiger partial charge is 0.481 e. The second-order valence-corrected chi connectivity index (χ2v) is 8.43. The van der Waals surface area contributed by atoms with Gasteiger partial charge in [-0.3, -0.25) is 28.8 Å². The lowest BCUT2D eigenvalue weighted by atomic mass is 10.0. The van der Waals surface area contributed by atoms with Crippen molar-refractivity contribution < 1.29 is 43.8 Å². The molecule has 1 rings (SSSR count). The normalized spacial score (nSPS) is 13.7. The molecule has 1 aromatic rings. The number of hydrogen-bond donors (Lipinski definition) is 8. The summed E-state index contributed by atoms with van der Waals surface area (Å²) in [6, 6.07) is 2.95. The zero-order valence-corrected chi connectivity index (χ0v) is 20.4. The lowest BCUT2D eigenvalue weighted by Crippen LogP contribution is -2.58. The molecule has 5 amide bonds. The van der Waals surface area contributed by atoms with E-state index in [1.165, 1.54) is 0 Å². The van der Waals surface area contributed by atoms with Crippen LogP contribution in [0.5, 0.6) is 0 Å². The van der Waals surface area contributed by atoms with Crippen molar-refractivity contribution in [3.8, 4) is 0 Å². The molecule has 4 unspecified atom stereocenters. The Morgan fingerprint density at radius 2 is 1.24 bits per heavy atom. The van der Waals surface area contributed by atoms with Crippen LogP contribution in [0.3, 0.4) is 0 Å².